The van der Waals surface area contributed by atoms with Crippen molar-refractivity contribution in [2.24, 2.45) is 10.7 Å². The maximum absolute atomic E-state index is 5.86. The van der Waals surface area contributed by atoms with Gasteiger partial charge in [-0.2, -0.15) is 0 Å². The summed E-state index contributed by atoms with van der Waals surface area (Å²) in [4.78, 5) is 5.65. The molecule has 0 unspecified atom stereocenters. The first-order chi connectivity index (χ1) is 10.8. The normalized spacial score (nSPS) is 11.4. The highest BCUT2D eigenvalue weighted by molar-refractivity contribution is 14.0. The highest BCUT2D eigenvalue weighted by atomic mass is 127. The zero-order valence-corrected chi connectivity index (χ0v) is 15.7. The van der Waals surface area contributed by atoms with Gasteiger partial charge in [-0.15, -0.1) is 45.5 Å². The van der Waals surface area contributed by atoms with E-state index in [0.717, 1.165) is 24.3 Å². The van der Waals surface area contributed by atoms with Crippen LogP contribution in [0.25, 0.3) is 5.65 Å². The molecule has 6 nitrogen and oxygen atoms in total. The molecule has 0 aliphatic rings. The highest BCUT2D eigenvalue weighted by Gasteiger charge is 2.03. The molecular formula is C15H19IN6S. The number of nitrogens with one attached hydrogen (secondary N) is 1. The van der Waals surface area contributed by atoms with E-state index >= 15 is 0 Å². The van der Waals surface area contributed by atoms with Crippen LogP contribution in [0.5, 0.6) is 0 Å². The van der Waals surface area contributed by atoms with E-state index in [2.05, 4.69) is 32.0 Å². The van der Waals surface area contributed by atoms with E-state index in [1.807, 2.05) is 34.9 Å². The van der Waals surface area contributed by atoms with Gasteiger partial charge in [0.2, 0.25) is 0 Å². The van der Waals surface area contributed by atoms with Crippen molar-refractivity contribution in [1.82, 2.24) is 19.9 Å². The standard InChI is InChI=1S/C15H18N6S.HI/c16-15(17-8-6-12-4-3-11-22-12)18-9-7-14-20-19-13-5-1-2-10-21(13)14;/h1-5,10-11H,6-9H2,(H3,16,17,18);1H. The summed E-state index contributed by atoms with van der Waals surface area (Å²) in [5, 5.41) is 13.5. The Morgan fingerprint density at radius 3 is 2.96 bits per heavy atom. The van der Waals surface area contributed by atoms with Crippen LogP contribution in [0.15, 0.2) is 46.9 Å². The van der Waals surface area contributed by atoms with Gasteiger partial charge in [-0.05, 0) is 23.6 Å². The van der Waals surface area contributed by atoms with Crippen molar-refractivity contribution < 1.29 is 0 Å². The lowest BCUT2D eigenvalue weighted by atomic mass is 10.3. The number of pyridine rings is 1. The lowest BCUT2D eigenvalue weighted by Crippen LogP contribution is -2.33. The van der Waals surface area contributed by atoms with E-state index in [0.29, 0.717) is 19.0 Å². The largest absolute Gasteiger partial charge is 0.370 e. The first kappa shape index (κ1) is 17.7. The Hall–Kier alpha value is -1.68. The van der Waals surface area contributed by atoms with Crippen molar-refractivity contribution in [2.75, 3.05) is 13.1 Å². The Morgan fingerprint density at radius 1 is 1.22 bits per heavy atom. The Bertz CT molecular complexity index is 752. The number of nitrogens with zero attached hydrogens (tertiary/aromatic N) is 4. The summed E-state index contributed by atoms with van der Waals surface area (Å²) in [7, 11) is 0. The third-order valence-corrected chi connectivity index (χ3v) is 4.20. The minimum absolute atomic E-state index is 0. The lowest BCUT2D eigenvalue weighted by Gasteiger charge is -2.04. The third-order valence-electron chi connectivity index (χ3n) is 3.26. The third kappa shape index (κ3) is 4.90. The zero-order valence-electron chi connectivity index (χ0n) is 12.6. The maximum atomic E-state index is 5.86. The summed E-state index contributed by atoms with van der Waals surface area (Å²) >= 11 is 1.74. The number of aromatic nitrogens is 3. The fourth-order valence-corrected chi connectivity index (χ4v) is 2.86. The van der Waals surface area contributed by atoms with Crippen molar-refractivity contribution in [3.05, 3.63) is 52.6 Å². The Labute approximate surface area is 155 Å². The number of hydrogen-bond acceptors (Lipinski definition) is 4. The van der Waals surface area contributed by atoms with Gasteiger partial charge in [0.05, 0.1) is 0 Å². The van der Waals surface area contributed by atoms with Crippen molar-refractivity contribution >= 4 is 46.9 Å². The van der Waals surface area contributed by atoms with Gasteiger partial charge in [0.15, 0.2) is 11.6 Å². The van der Waals surface area contributed by atoms with Crippen LogP contribution >= 0.6 is 35.3 Å². The van der Waals surface area contributed by atoms with Gasteiger partial charge in [-0.1, -0.05) is 12.1 Å². The van der Waals surface area contributed by atoms with Gasteiger partial charge < -0.3 is 11.1 Å². The highest BCUT2D eigenvalue weighted by Crippen LogP contribution is 2.08. The van der Waals surface area contributed by atoms with Crippen LogP contribution in [0.4, 0.5) is 0 Å². The number of aliphatic imine (C=N–C) groups is 1. The fourth-order valence-electron chi connectivity index (χ4n) is 2.16. The molecule has 0 saturated carbocycles. The van der Waals surface area contributed by atoms with Crippen LogP contribution in [0.3, 0.4) is 0 Å². The molecule has 0 aliphatic heterocycles. The minimum Gasteiger partial charge on any atom is -0.370 e. The summed E-state index contributed by atoms with van der Waals surface area (Å²) in [6.45, 7) is 1.39. The smallest absolute Gasteiger partial charge is 0.188 e. The monoisotopic (exact) mass is 442 g/mol. The van der Waals surface area contributed by atoms with Crippen LogP contribution in [0.2, 0.25) is 0 Å². The zero-order chi connectivity index (χ0) is 15.2. The molecule has 0 aromatic carbocycles. The average Bonchev–Trinajstić information content (AvgIpc) is 3.17. The van der Waals surface area contributed by atoms with E-state index < -0.39 is 0 Å². The maximum Gasteiger partial charge on any atom is 0.188 e. The van der Waals surface area contributed by atoms with E-state index in [9.17, 15) is 0 Å². The van der Waals surface area contributed by atoms with Crippen molar-refractivity contribution in [3.63, 3.8) is 0 Å². The molecule has 0 saturated heterocycles. The molecule has 0 fully saturated rings. The second kappa shape index (κ2) is 8.82. The Kier molecular flexibility index (Phi) is 6.78. The molecule has 0 radical (unpaired) electrons. The van der Waals surface area contributed by atoms with Crippen molar-refractivity contribution in [3.8, 4) is 0 Å². The second-order valence-electron chi connectivity index (χ2n) is 4.82. The molecule has 23 heavy (non-hydrogen) atoms. The van der Waals surface area contributed by atoms with Gasteiger partial charge in [-0.3, -0.25) is 9.39 Å². The molecule has 0 bridgehead atoms. The van der Waals surface area contributed by atoms with E-state index in [1.165, 1.54) is 4.88 Å². The molecule has 0 aliphatic carbocycles. The summed E-state index contributed by atoms with van der Waals surface area (Å²) in [5.41, 5.74) is 6.72. The van der Waals surface area contributed by atoms with Gasteiger partial charge in [0.25, 0.3) is 0 Å². The van der Waals surface area contributed by atoms with Gasteiger partial charge in [0, 0.05) is 37.0 Å². The van der Waals surface area contributed by atoms with E-state index in [1.54, 1.807) is 11.3 Å². The molecule has 122 valence electrons. The number of nitrogens with two attached hydrogens (primary N) is 1. The number of hydrogen-bond donors (Lipinski definition) is 2. The van der Waals surface area contributed by atoms with Crippen LogP contribution in [-0.4, -0.2) is 33.6 Å². The lowest BCUT2D eigenvalue weighted by molar-refractivity contribution is 0.787. The first-order valence-electron chi connectivity index (χ1n) is 7.18. The molecule has 3 rings (SSSR count). The number of guanidine groups is 1. The molecule has 3 heterocycles. The summed E-state index contributed by atoms with van der Waals surface area (Å²) in [6.07, 6.45) is 3.63. The molecule has 3 N–H and O–H groups in total. The SMILES string of the molecule is I.NC(=NCCc1cccs1)NCCc1nnc2ccccn12. The quantitative estimate of drug-likeness (QED) is 0.348. The summed E-state index contributed by atoms with van der Waals surface area (Å²) in [5.74, 6) is 1.39. The predicted molar refractivity (Wildman–Crippen MR) is 105 cm³/mol. The van der Waals surface area contributed by atoms with Crippen molar-refractivity contribution in [1.29, 1.82) is 0 Å². The van der Waals surface area contributed by atoms with E-state index in [-0.39, 0.29) is 24.0 Å². The Balaban J connectivity index is 0.00000192. The molecule has 0 amide bonds. The Morgan fingerprint density at radius 2 is 2.13 bits per heavy atom. The first-order valence-corrected chi connectivity index (χ1v) is 8.06. The second-order valence-corrected chi connectivity index (χ2v) is 5.85. The number of halogens is 1. The summed E-state index contributed by atoms with van der Waals surface area (Å²) in [6, 6.07) is 10.0. The van der Waals surface area contributed by atoms with Crippen LogP contribution in [0, 0.1) is 0 Å². The van der Waals surface area contributed by atoms with E-state index in [4.69, 9.17) is 5.73 Å². The topological polar surface area (TPSA) is 80.6 Å². The molecule has 0 spiro atoms. The minimum atomic E-state index is 0. The van der Waals surface area contributed by atoms with Crippen LogP contribution < -0.4 is 11.1 Å². The predicted octanol–water partition coefficient (Wildman–Crippen LogP) is 2.10. The van der Waals surface area contributed by atoms with Gasteiger partial charge in [0.1, 0.15) is 5.82 Å². The number of thiophene rings is 1. The number of fused-ring (bicyclic) bond motifs is 1. The van der Waals surface area contributed by atoms with Crippen LogP contribution in [-0.2, 0) is 12.8 Å². The molecule has 3 aromatic rings. The molecule has 8 heteroatoms. The molecule has 0 atom stereocenters. The van der Waals surface area contributed by atoms with Crippen molar-refractivity contribution in [2.45, 2.75) is 12.8 Å². The summed E-state index contributed by atoms with van der Waals surface area (Å²) < 4.78 is 1.98. The molecular weight excluding hydrogens is 423 g/mol. The average molecular weight is 442 g/mol. The molecule has 3 aromatic heterocycles. The van der Waals surface area contributed by atoms with Gasteiger partial charge in [-0.25, -0.2) is 0 Å². The van der Waals surface area contributed by atoms with Gasteiger partial charge >= 0.3 is 0 Å². The fraction of sp³-hybridized carbons (Fsp3) is 0.267. The number of rotatable bonds is 6. The van der Waals surface area contributed by atoms with Crippen LogP contribution in [0.1, 0.15) is 10.7 Å².